The van der Waals surface area contributed by atoms with Gasteiger partial charge in [0.15, 0.2) is 5.78 Å². The molecule has 0 fully saturated rings. The minimum atomic E-state index is 0.0865. The third kappa shape index (κ3) is 1.40. The summed E-state index contributed by atoms with van der Waals surface area (Å²) < 4.78 is 0. The predicted octanol–water partition coefficient (Wildman–Crippen LogP) is 2.81. The van der Waals surface area contributed by atoms with Gasteiger partial charge >= 0.3 is 0 Å². The van der Waals surface area contributed by atoms with Crippen LogP contribution in [-0.4, -0.2) is 15.8 Å². The second kappa shape index (κ2) is 3.42. The lowest BCUT2D eigenvalue weighted by Crippen LogP contribution is -1.96. The van der Waals surface area contributed by atoms with Crippen LogP contribution in [0.2, 0.25) is 5.02 Å². The Kier molecular flexibility index (Phi) is 2.25. The number of aromatic amines is 1. The smallest absolute Gasteiger partial charge is 0.162 e. The zero-order chi connectivity index (χ0) is 10.1. The van der Waals surface area contributed by atoms with E-state index in [9.17, 15) is 4.79 Å². The van der Waals surface area contributed by atoms with Gasteiger partial charge in [0.1, 0.15) is 5.52 Å². The van der Waals surface area contributed by atoms with E-state index >= 15 is 0 Å². The standard InChI is InChI=1S/C10H9ClN2O/c1-2-9(14)6-3-7(11)10-8(4-6)12-5-13-10/h3-5H,2H2,1H3,(H,12,13). The molecule has 0 saturated heterocycles. The van der Waals surface area contributed by atoms with Crippen molar-refractivity contribution in [3.8, 4) is 0 Å². The number of imidazole rings is 1. The number of benzene rings is 1. The molecule has 4 heteroatoms. The van der Waals surface area contributed by atoms with Gasteiger partial charge in [0.05, 0.1) is 16.9 Å². The predicted molar refractivity (Wildman–Crippen MR) is 55.7 cm³/mol. The van der Waals surface area contributed by atoms with Gasteiger partial charge < -0.3 is 4.98 Å². The quantitative estimate of drug-likeness (QED) is 0.772. The number of hydrogen-bond donors (Lipinski definition) is 1. The topological polar surface area (TPSA) is 45.8 Å². The normalized spacial score (nSPS) is 10.7. The summed E-state index contributed by atoms with van der Waals surface area (Å²) >= 11 is 5.97. The number of hydrogen-bond acceptors (Lipinski definition) is 2. The van der Waals surface area contributed by atoms with Crippen molar-refractivity contribution in [2.24, 2.45) is 0 Å². The van der Waals surface area contributed by atoms with Crippen molar-refractivity contribution in [1.29, 1.82) is 0 Å². The fourth-order valence-electron chi connectivity index (χ4n) is 1.37. The SMILES string of the molecule is CCC(=O)c1cc(Cl)c2nc[nH]c2c1. The number of fused-ring (bicyclic) bond motifs is 1. The van der Waals surface area contributed by atoms with Gasteiger partial charge in [0.2, 0.25) is 0 Å². The highest BCUT2D eigenvalue weighted by Crippen LogP contribution is 2.22. The first-order valence-corrected chi connectivity index (χ1v) is 4.76. The van der Waals surface area contributed by atoms with Gasteiger partial charge in [0.25, 0.3) is 0 Å². The lowest BCUT2D eigenvalue weighted by atomic mass is 10.1. The van der Waals surface area contributed by atoms with Crippen LogP contribution in [0.3, 0.4) is 0 Å². The fraction of sp³-hybridized carbons (Fsp3) is 0.200. The highest BCUT2D eigenvalue weighted by molar-refractivity contribution is 6.35. The molecule has 0 aliphatic rings. The Morgan fingerprint density at radius 1 is 1.57 bits per heavy atom. The number of H-pyrrole nitrogens is 1. The Morgan fingerprint density at radius 2 is 2.36 bits per heavy atom. The van der Waals surface area contributed by atoms with E-state index in [1.54, 1.807) is 18.5 Å². The molecule has 0 aliphatic carbocycles. The number of halogens is 1. The Hall–Kier alpha value is -1.35. The summed E-state index contributed by atoms with van der Waals surface area (Å²) in [5.41, 5.74) is 2.14. The number of rotatable bonds is 2. The largest absolute Gasteiger partial charge is 0.345 e. The average Bonchev–Trinajstić information content (AvgIpc) is 2.64. The molecule has 0 saturated carbocycles. The number of ketones is 1. The third-order valence-electron chi connectivity index (χ3n) is 2.12. The Balaban J connectivity index is 2.64. The molecule has 0 aliphatic heterocycles. The van der Waals surface area contributed by atoms with Gasteiger partial charge in [-0.05, 0) is 12.1 Å². The molecule has 1 heterocycles. The Morgan fingerprint density at radius 3 is 3.07 bits per heavy atom. The second-order valence-corrected chi connectivity index (χ2v) is 3.44. The van der Waals surface area contributed by atoms with Crippen LogP contribution in [0.25, 0.3) is 11.0 Å². The molecule has 1 aromatic carbocycles. The number of aromatic nitrogens is 2. The summed E-state index contributed by atoms with van der Waals surface area (Å²) in [6.45, 7) is 1.83. The first-order valence-electron chi connectivity index (χ1n) is 4.38. The summed E-state index contributed by atoms with van der Waals surface area (Å²) in [6.07, 6.45) is 2.05. The summed E-state index contributed by atoms with van der Waals surface area (Å²) in [5, 5.41) is 0.514. The number of carbonyl (C=O) groups is 1. The summed E-state index contributed by atoms with van der Waals surface area (Å²) in [5.74, 6) is 0.0865. The summed E-state index contributed by atoms with van der Waals surface area (Å²) in [4.78, 5) is 18.4. The van der Waals surface area contributed by atoms with E-state index in [4.69, 9.17) is 11.6 Å². The first kappa shape index (κ1) is 9.21. The molecule has 2 rings (SSSR count). The molecule has 14 heavy (non-hydrogen) atoms. The van der Waals surface area contributed by atoms with E-state index in [0.29, 0.717) is 22.5 Å². The number of carbonyl (C=O) groups excluding carboxylic acids is 1. The van der Waals surface area contributed by atoms with Crippen molar-refractivity contribution in [3.05, 3.63) is 29.0 Å². The number of nitrogens with one attached hydrogen (secondary N) is 1. The number of nitrogens with zero attached hydrogens (tertiary/aromatic N) is 1. The Bertz CT molecular complexity index is 490. The highest BCUT2D eigenvalue weighted by Gasteiger charge is 2.08. The van der Waals surface area contributed by atoms with Gasteiger partial charge in [-0.3, -0.25) is 4.79 Å². The molecule has 0 radical (unpaired) electrons. The van der Waals surface area contributed by atoms with Crippen molar-refractivity contribution in [2.75, 3.05) is 0 Å². The van der Waals surface area contributed by atoms with E-state index in [2.05, 4.69) is 9.97 Å². The maximum atomic E-state index is 11.4. The first-order chi connectivity index (χ1) is 6.72. The molecule has 1 N–H and O–H groups in total. The molecular formula is C10H9ClN2O. The third-order valence-corrected chi connectivity index (χ3v) is 2.41. The molecule has 0 atom stereocenters. The second-order valence-electron chi connectivity index (χ2n) is 3.03. The lowest BCUT2D eigenvalue weighted by Gasteiger charge is -1.99. The van der Waals surface area contributed by atoms with Crippen LogP contribution in [-0.2, 0) is 0 Å². The van der Waals surface area contributed by atoms with Crippen molar-refractivity contribution in [1.82, 2.24) is 9.97 Å². The van der Waals surface area contributed by atoms with Gasteiger partial charge in [-0.2, -0.15) is 0 Å². The van der Waals surface area contributed by atoms with Crippen LogP contribution in [0.5, 0.6) is 0 Å². The van der Waals surface area contributed by atoms with Crippen LogP contribution >= 0.6 is 11.6 Å². The molecule has 0 amide bonds. The van der Waals surface area contributed by atoms with Crippen LogP contribution in [0.1, 0.15) is 23.7 Å². The maximum absolute atomic E-state index is 11.4. The van der Waals surface area contributed by atoms with Crippen molar-refractivity contribution >= 4 is 28.4 Å². The van der Waals surface area contributed by atoms with Gasteiger partial charge in [-0.1, -0.05) is 18.5 Å². The number of Topliss-reactive ketones (excluding diaryl/α,β-unsaturated/α-hetero) is 1. The van der Waals surface area contributed by atoms with Gasteiger partial charge in [0, 0.05) is 12.0 Å². The molecule has 2 aromatic rings. The molecular weight excluding hydrogens is 200 g/mol. The average molecular weight is 209 g/mol. The van der Waals surface area contributed by atoms with E-state index < -0.39 is 0 Å². The lowest BCUT2D eigenvalue weighted by molar-refractivity contribution is 0.0988. The zero-order valence-corrected chi connectivity index (χ0v) is 8.43. The van der Waals surface area contributed by atoms with E-state index in [-0.39, 0.29) is 5.78 Å². The minimum absolute atomic E-state index is 0.0865. The Labute approximate surface area is 86.1 Å². The fourth-order valence-corrected chi connectivity index (χ4v) is 1.64. The molecule has 72 valence electrons. The molecule has 0 unspecified atom stereocenters. The van der Waals surface area contributed by atoms with Gasteiger partial charge in [-0.15, -0.1) is 0 Å². The van der Waals surface area contributed by atoms with Crippen LogP contribution < -0.4 is 0 Å². The van der Waals surface area contributed by atoms with E-state index in [1.165, 1.54) is 0 Å². The highest BCUT2D eigenvalue weighted by atomic mass is 35.5. The van der Waals surface area contributed by atoms with Crippen molar-refractivity contribution in [3.63, 3.8) is 0 Å². The zero-order valence-electron chi connectivity index (χ0n) is 7.67. The monoisotopic (exact) mass is 208 g/mol. The van der Waals surface area contributed by atoms with Crippen LogP contribution in [0.4, 0.5) is 0 Å². The summed E-state index contributed by atoms with van der Waals surface area (Å²) in [7, 11) is 0. The minimum Gasteiger partial charge on any atom is -0.345 e. The molecule has 0 bridgehead atoms. The molecule has 0 spiro atoms. The molecule has 3 nitrogen and oxygen atoms in total. The maximum Gasteiger partial charge on any atom is 0.162 e. The molecule has 1 aromatic heterocycles. The van der Waals surface area contributed by atoms with Crippen molar-refractivity contribution < 1.29 is 4.79 Å². The van der Waals surface area contributed by atoms with Crippen LogP contribution in [0.15, 0.2) is 18.5 Å². The van der Waals surface area contributed by atoms with Crippen molar-refractivity contribution in [2.45, 2.75) is 13.3 Å². The van der Waals surface area contributed by atoms with Crippen LogP contribution in [0, 0.1) is 0 Å². The summed E-state index contributed by atoms with van der Waals surface area (Å²) in [6, 6.07) is 3.44. The van der Waals surface area contributed by atoms with Gasteiger partial charge in [-0.25, -0.2) is 4.98 Å². The van der Waals surface area contributed by atoms with E-state index in [0.717, 1.165) is 5.52 Å². The van der Waals surface area contributed by atoms with E-state index in [1.807, 2.05) is 6.92 Å².